The van der Waals surface area contributed by atoms with Crippen LogP contribution in [0.5, 0.6) is 5.75 Å². The van der Waals surface area contributed by atoms with E-state index in [0.29, 0.717) is 0 Å². The van der Waals surface area contributed by atoms with Crippen LogP contribution in [0.25, 0.3) is 0 Å². The first-order chi connectivity index (χ1) is 7.41. The van der Waals surface area contributed by atoms with Gasteiger partial charge in [-0.15, -0.1) is 0 Å². The van der Waals surface area contributed by atoms with Gasteiger partial charge in [-0.3, -0.25) is 14.9 Å². The molecule has 1 rings (SSSR count). The summed E-state index contributed by atoms with van der Waals surface area (Å²) in [4.78, 5) is 31.0. The number of carboxylic acid groups (broad SMARTS) is 1. The largest absolute Gasteiger partial charge is 1.00 e. The third-order valence-electron chi connectivity index (χ3n) is 1.80. The van der Waals surface area contributed by atoms with Gasteiger partial charge in [-0.05, 0) is 6.07 Å². The fourth-order valence-electron chi connectivity index (χ4n) is 1.08. The van der Waals surface area contributed by atoms with Crippen molar-refractivity contribution in [3.05, 3.63) is 39.4 Å². The van der Waals surface area contributed by atoms with E-state index < -0.39 is 34.5 Å². The van der Waals surface area contributed by atoms with Gasteiger partial charge in [0.2, 0.25) is 5.78 Å². The van der Waals surface area contributed by atoms with Crippen LogP contribution in [0.3, 0.4) is 0 Å². The summed E-state index contributed by atoms with van der Waals surface area (Å²) < 4.78 is 0. The zero-order valence-electron chi connectivity index (χ0n) is 8.87. The molecule has 0 spiro atoms. The molecule has 0 aliphatic heterocycles. The summed E-state index contributed by atoms with van der Waals surface area (Å²) in [6.07, 6.45) is 0. The van der Waals surface area contributed by atoms with Crippen LogP contribution >= 0.6 is 0 Å². The van der Waals surface area contributed by atoms with Crippen molar-refractivity contribution in [2.24, 2.45) is 0 Å². The fourth-order valence-corrected chi connectivity index (χ4v) is 1.08. The topological polar surface area (TPSA) is 121 Å². The van der Waals surface area contributed by atoms with E-state index in [0.717, 1.165) is 18.2 Å². The molecule has 1 aromatic rings. The molecule has 0 aliphatic rings. The zero-order chi connectivity index (χ0) is 12.3. The van der Waals surface area contributed by atoms with Gasteiger partial charge >= 0.3 is 35.5 Å². The minimum atomic E-state index is -1.47. The van der Waals surface area contributed by atoms with Crippen LogP contribution < -0.4 is 34.7 Å². The monoisotopic (exact) mass is 247 g/mol. The molecular formula is C9H6NNaO6. The number of benzene rings is 1. The van der Waals surface area contributed by atoms with Crippen molar-refractivity contribution in [2.75, 3.05) is 6.54 Å². The minimum absolute atomic E-state index is 0. The van der Waals surface area contributed by atoms with E-state index in [1.165, 1.54) is 0 Å². The van der Waals surface area contributed by atoms with Gasteiger partial charge in [0.1, 0.15) is 0 Å². The first kappa shape index (κ1) is 15.6. The molecule has 0 atom stereocenters. The number of carboxylic acids is 1. The standard InChI is InChI=1S/C9H7NO6.Na/c11-7-2-1-5(3-6(7)9(13)14)8(12)4-10(15)16;/h1-3,11H,4H2,(H,13,14);/q;+1/p-1. The molecule has 0 bridgehead atoms. The van der Waals surface area contributed by atoms with Crippen molar-refractivity contribution < 1.29 is 54.3 Å². The number of hydrogen-bond donors (Lipinski definition) is 1. The van der Waals surface area contributed by atoms with Crippen LogP contribution in [0, 0.1) is 10.1 Å². The maximum absolute atomic E-state index is 11.2. The molecule has 0 saturated heterocycles. The molecule has 0 saturated carbocycles. The van der Waals surface area contributed by atoms with Crippen molar-refractivity contribution >= 4 is 11.8 Å². The minimum Gasteiger partial charge on any atom is -0.872 e. The molecule has 7 nitrogen and oxygen atoms in total. The van der Waals surface area contributed by atoms with Crippen LogP contribution in [-0.2, 0) is 0 Å². The van der Waals surface area contributed by atoms with E-state index in [1.54, 1.807) is 0 Å². The number of carbonyl (C=O) groups is 2. The second-order valence-electron chi connectivity index (χ2n) is 2.93. The molecular weight excluding hydrogens is 241 g/mol. The Balaban J connectivity index is 0.00000256. The summed E-state index contributed by atoms with van der Waals surface area (Å²) in [5.41, 5.74) is -0.733. The van der Waals surface area contributed by atoms with Crippen LogP contribution in [0.15, 0.2) is 18.2 Å². The first-order valence-corrected chi connectivity index (χ1v) is 4.11. The predicted molar refractivity (Wildman–Crippen MR) is 49.0 cm³/mol. The molecule has 1 N–H and O–H groups in total. The summed E-state index contributed by atoms with van der Waals surface area (Å²) in [7, 11) is 0. The number of carbonyl (C=O) groups excluding carboxylic acids is 1. The van der Waals surface area contributed by atoms with Crippen molar-refractivity contribution in [3.8, 4) is 5.75 Å². The fraction of sp³-hybridized carbons (Fsp3) is 0.111. The van der Waals surface area contributed by atoms with Gasteiger partial charge in [-0.25, -0.2) is 4.79 Å². The third kappa shape index (κ3) is 4.14. The molecule has 0 heterocycles. The van der Waals surface area contributed by atoms with E-state index in [2.05, 4.69) is 0 Å². The van der Waals surface area contributed by atoms with Gasteiger partial charge in [0.25, 0.3) is 6.54 Å². The molecule has 84 valence electrons. The van der Waals surface area contributed by atoms with Crippen molar-refractivity contribution in [1.82, 2.24) is 0 Å². The molecule has 0 unspecified atom stereocenters. The number of aromatic carboxylic acids is 1. The average Bonchev–Trinajstić information content (AvgIpc) is 2.16. The maximum atomic E-state index is 11.2. The molecule has 0 aliphatic carbocycles. The first-order valence-electron chi connectivity index (χ1n) is 4.11. The van der Waals surface area contributed by atoms with E-state index >= 15 is 0 Å². The zero-order valence-corrected chi connectivity index (χ0v) is 10.9. The molecule has 0 fully saturated rings. The second-order valence-corrected chi connectivity index (χ2v) is 2.93. The van der Waals surface area contributed by atoms with Crippen molar-refractivity contribution in [3.63, 3.8) is 0 Å². The number of rotatable bonds is 4. The summed E-state index contributed by atoms with van der Waals surface area (Å²) in [5.74, 6) is -3.06. The van der Waals surface area contributed by atoms with Crippen molar-refractivity contribution in [1.29, 1.82) is 0 Å². The van der Waals surface area contributed by atoms with Crippen LogP contribution in [0.4, 0.5) is 0 Å². The summed E-state index contributed by atoms with van der Waals surface area (Å²) in [6, 6.07) is 2.81. The number of hydrogen-bond acceptors (Lipinski definition) is 5. The Hall–Kier alpha value is -1.44. The predicted octanol–water partition coefficient (Wildman–Crippen LogP) is -3.08. The second kappa shape index (κ2) is 6.33. The Bertz CT molecular complexity index is 473. The van der Waals surface area contributed by atoms with E-state index in [-0.39, 0.29) is 35.1 Å². The molecule has 0 radical (unpaired) electrons. The van der Waals surface area contributed by atoms with Crippen LogP contribution in [0.1, 0.15) is 20.7 Å². The van der Waals surface area contributed by atoms with Crippen molar-refractivity contribution in [2.45, 2.75) is 0 Å². The molecule has 17 heavy (non-hydrogen) atoms. The van der Waals surface area contributed by atoms with Gasteiger partial charge in [0, 0.05) is 10.5 Å². The van der Waals surface area contributed by atoms with E-state index in [9.17, 15) is 24.8 Å². The Morgan fingerprint density at radius 3 is 2.41 bits per heavy atom. The Morgan fingerprint density at radius 1 is 1.35 bits per heavy atom. The van der Waals surface area contributed by atoms with Gasteiger partial charge in [0.15, 0.2) is 0 Å². The Labute approximate surface area is 118 Å². The normalized spacial score (nSPS) is 9.18. The van der Waals surface area contributed by atoms with Gasteiger partial charge in [0.05, 0.1) is 5.56 Å². The van der Waals surface area contributed by atoms with Gasteiger partial charge < -0.3 is 10.2 Å². The third-order valence-corrected chi connectivity index (χ3v) is 1.80. The molecule has 8 heteroatoms. The maximum Gasteiger partial charge on any atom is 1.00 e. The molecule has 0 amide bonds. The van der Waals surface area contributed by atoms with E-state index in [1.807, 2.05) is 0 Å². The van der Waals surface area contributed by atoms with Crippen LogP contribution in [-0.4, -0.2) is 28.3 Å². The quantitative estimate of drug-likeness (QED) is 0.261. The van der Waals surface area contributed by atoms with Crippen LogP contribution in [0.2, 0.25) is 0 Å². The average molecular weight is 247 g/mol. The number of ketones is 1. The Kier molecular flexibility index (Phi) is 5.80. The molecule has 1 aromatic carbocycles. The summed E-state index contributed by atoms with van der Waals surface area (Å²) in [6.45, 7) is -0.933. The summed E-state index contributed by atoms with van der Waals surface area (Å²) >= 11 is 0. The molecule has 0 aromatic heterocycles. The summed E-state index contributed by atoms with van der Waals surface area (Å²) in [5, 5.41) is 29.7. The van der Waals surface area contributed by atoms with Gasteiger partial charge in [-0.2, -0.15) is 0 Å². The van der Waals surface area contributed by atoms with E-state index in [4.69, 9.17) is 5.11 Å². The number of nitrogens with zero attached hydrogens (tertiary/aromatic N) is 1. The number of Topliss-reactive ketones (excluding diaryl/α,β-unsaturated/α-hetero) is 1. The SMILES string of the molecule is O=C(C[N+](=O)[O-])c1ccc([O-])c(C(=O)O)c1.[Na+]. The van der Waals surface area contributed by atoms with Gasteiger partial charge in [-0.1, -0.05) is 17.9 Å². The Morgan fingerprint density at radius 2 is 1.94 bits per heavy atom. The smallest absolute Gasteiger partial charge is 0.872 e. The number of nitro groups is 1.